The Hall–Kier alpha value is -2.77. The van der Waals surface area contributed by atoms with Gasteiger partial charge in [-0.15, -0.1) is 0 Å². The van der Waals surface area contributed by atoms with E-state index in [1.807, 2.05) is 5.43 Å². The molecular formula is C12H14N4O4. The molecule has 2 amide bonds. The van der Waals surface area contributed by atoms with Crippen LogP contribution in [-0.2, 0) is 9.59 Å². The van der Waals surface area contributed by atoms with E-state index in [1.165, 1.54) is 18.2 Å². The van der Waals surface area contributed by atoms with Crippen molar-refractivity contribution in [2.45, 2.75) is 19.9 Å². The normalized spacial score (nSPS) is 10.6. The van der Waals surface area contributed by atoms with Crippen LogP contribution in [0.5, 0.6) is 0 Å². The van der Waals surface area contributed by atoms with Gasteiger partial charge in [0.05, 0.1) is 16.7 Å². The van der Waals surface area contributed by atoms with E-state index < -0.39 is 16.7 Å². The zero-order chi connectivity index (χ0) is 15.1. The minimum absolute atomic E-state index is 0.142. The first-order valence-corrected chi connectivity index (χ1v) is 5.79. The molecule has 0 aromatic heterocycles. The largest absolute Gasteiger partial charge is 0.346 e. The molecular weight excluding hydrogens is 264 g/mol. The molecule has 8 nitrogen and oxygen atoms in total. The fourth-order valence-corrected chi connectivity index (χ4v) is 1.30. The van der Waals surface area contributed by atoms with Gasteiger partial charge in [-0.1, -0.05) is 12.1 Å². The third-order valence-corrected chi connectivity index (χ3v) is 2.13. The summed E-state index contributed by atoms with van der Waals surface area (Å²) >= 11 is 0. The lowest BCUT2D eigenvalue weighted by molar-refractivity contribution is -0.385. The Kier molecular flexibility index (Phi) is 5.33. The number of rotatable bonds is 4. The SMILES string of the molecule is CC(C)NC(=O)C(=O)N/N=C/c1ccccc1[N+](=O)[O-]. The number of para-hydroxylation sites is 1. The van der Waals surface area contributed by atoms with Crippen LogP contribution in [0.3, 0.4) is 0 Å². The summed E-state index contributed by atoms with van der Waals surface area (Å²) in [6.45, 7) is 3.42. The maximum absolute atomic E-state index is 11.3. The molecule has 2 N–H and O–H groups in total. The molecule has 106 valence electrons. The molecule has 0 fully saturated rings. The van der Waals surface area contributed by atoms with Gasteiger partial charge in [-0.3, -0.25) is 19.7 Å². The molecule has 0 heterocycles. The molecule has 1 aromatic rings. The Morgan fingerprint density at radius 2 is 1.95 bits per heavy atom. The number of nitrogens with zero attached hydrogens (tertiary/aromatic N) is 2. The molecule has 0 radical (unpaired) electrons. The number of benzene rings is 1. The van der Waals surface area contributed by atoms with Crippen LogP contribution in [0.4, 0.5) is 5.69 Å². The van der Waals surface area contributed by atoms with Crippen LogP contribution < -0.4 is 10.7 Å². The summed E-state index contributed by atoms with van der Waals surface area (Å²) in [5, 5.41) is 16.7. The Bertz CT molecular complexity index is 554. The second-order valence-corrected chi connectivity index (χ2v) is 4.14. The van der Waals surface area contributed by atoms with Crippen molar-refractivity contribution in [2.24, 2.45) is 5.10 Å². The van der Waals surface area contributed by atoms with Gasteiger partial charge in [-0.05, 0) is 19.9 Å². The summed E-state index contributed by atoms with van der Waals surface area (Å²) in [5.41, 5.74) is 2.08. The molecule has 1 aromatic carbocycles. The molecule has 0 saturated heterocycles. The average Bonchev–Trinajstić information content (AvgIpc) is 2.38. The molecule has 0 aliphatic rings. The molecule has 0 bridgehead atoms. The summed E-state index contributed by atoms with van der Waals surface area (Å²) in [6.07, 6.45) is 1.11. The maximum Gasteiger partial charge on any atom is 0.329 e. The third kappa shape index (κ3) is 4.48. The second-order valence-electron chi connectivity index (χ2n) is 4.14. The fraction of sp³-hybridized carbons (Fsp3) is 0.250. The van der Waals surface area contributed by atoms with Crippen molar-refractivity contribution in [3.63, 3.8) is 0 Å². The minimum Gasteiger partial charge on any atom is -0.346 e. The number of carbonyl (C=O) groups excluding carboxylic acids is 2. The first-order valence-electron chi connectivity index (χ1n) is 5.79. The number of amides is 2. The van der Waals surface area contributed by atoms with E-state index in [9.17, 15) is 19.7 Å². The predicted octanol–water partition coefficient (Wildman–Crippen LogP) is 0.569. The molecule has 20 heavy (non-hydrogen) atoms. The summed E-state index contributed by atoms with van der Waals surface area (Å²) in [7, 11) is 0. The monoisotopic (exact) mass is 278 g/mol. The lowest BCUT2D eigenvalue weighted by Gasteiger charge is -2.05. The molecule has 0 spiro atoms. The Labute approximate surface area is 115 Å². The van der Waals surface area contributed by atoms with Gasteiger partial charge < -0.3 is 5.32 Å². The molecule has 0 saturated carbocycles. The van der Waals surface area contributed by atoms with Gasteiger partial charge in [0.25, 0.3) is 5.69 Å². The number of nitrogens with one attached hydrogen (secondary N) is 2. The van der Waals surface area contributed by atoms with E-state index in [1.54, 1.807) is 19.9 Å². The highest BCUT2D eigenvalue weighted by atomic mass is 16.6. The van der Waals surface area contributed by atoms with Gasteiger partial charge in [0.1, 0.15) is 0 Å². The lowest BCUT2D eigenvalue weighted by atomic mass is 10.2. The van der Waals surface area contributed by atoms with Gasteiger partial charge in [0.2, 0.25) is 0 Å². The number of carbonyl (C=O) groups is 2. The molecule has 0 atom stereocenters. The number of hydrazone groups is 1. The van der Waals surface area contributed by atoms with Crippen LogP contribution in [0, 0.1) is 10.1 Å². The number of hydrogen-bond donors (Lipinski definition) is 2. The summed E-state index contributed by atoms with van der Waals surface area (Å²) in [6, 6.07) is 5.73. The van der Waals surface area contributed by atoms with Crippen molar-refractivity contribution in [3.05, 3.63) is 39.9 Å². The van der Waals surface area contributed by atoms with E-state index in [4.69, 9.17) is 0 Å². The first-order chi connectivity index (χ1) is 9.41. The number of nitro groups is 1. The van der Waals surface area contributed by atoms with Crippen LogP contribution in [0.1, 0.15) is 19.4 Å². The third-order valence-electron chi connectivity index (χ3n) is 2.13. The summed E-state index contributed by atoms with van der Waals surface area (Å²) < 4.78 is 0. The smallest absolute Gasteiger partial charge is 0.329 e. The highest BCUT2D eigenvalue weighted by molar-refractivity contribution is 6.35. The van der Waals surface area contributed by atoms with E-state index in [-0.39, 0.29) is 17.3 Å². The Morgan fingerprint density at radius 3 is 2.55 bits per heavy atom. The Morgan fingerprint density at radius 1 is 1.30 bits per heavy atom. The van der Waals surface area contributed by atoms with Gasteiger partial charge in [0.15, 0.2) is 0 Å². The summed E-state index contributed by atoms with van der Waals surface area (Å²) in [5.74, 6) is -1.76. The van der Waals surface area contributed by atoms with Crippen molar-refractivity contribution in [2.75, 3.05) is 0 Å². The molecule has 0 unspecified atom stereocenters. The predicted molar refractivity (Wildman–Crippen MR) is 72.1 cm³/mol. The van der Waals surface area contributed by atoms with Crippen molar-refractivity contribution in [3.8, 4) is 0 Å². The highest BCUT2D eigenvalue weighted by Gasteiger charge is 2.14. The van der Waals surface area contributed by atoms with Crippen LogP contribution in [-0.4, -0.2) is 29.0 Å². The fourth-order valence-electron chi connectivity index (χ4n) is 1.30. The second kappa shape index (κ2) is 6.98. The highest BCUT2D eigenvalue weighted by Crippen LogP contribution is 2.14. The van der Waals surface area contributed by atoms with E-state index in [0.717, 1.165) is 6.21 Å². The van der Waals surface area contributed by atoms with Crippen molar-refractivity contribution < 1.29 is 14.5 Å². The molecule has 1 rings (SSSR count). The van der Waals surface area contributed by atoms with E-state index in [0.29, 0.717) is 0 Å². The van der Waals surface area contributed by atoms with E-state index in [2.05, 4.69) is 10.4 Å². The van der Waals surface area contributed by atoms with Crippen LogP contribution in [0.15, 0.2) is 29.4 Å². The first kappa shape index (κ1) is 15.3. The van der Waals surface area contributed by atoms with Crippen molar-refractivity contribution in [1.29, 1.82) is 0 Å². The number of hydrogen-bond acceptors (Lipinski definition) is 5. The van der Waals surface area contributed by atoms with Gasteiger partial charge in [-0.2, -0.15) is 5.10 Å². The van der Waals surface area contributed by atoms with Crippen LogP contribution in [0.2, 0.25) is 0 Å². The van der Waals surface area contributed by atoms with Crippen molar-refractivity contribution >= 4 is 23.7 Å². The lowest BCUT2D eigenvalue weighted by Crippen LogP contribution is -2.41. The average molecular weight is 278 g/mol. The number of nitro benzene ring substituents is 1. The van der Waals surface area contributed by atoms with E-state index >= 15 is 0 Å². The topological polar surface area (TPSA) is 114 Å². The molecule has 8 heteroatoms. The standard InChI is InChI=1S/C12H14N4O4/c1-8(2)14-11(17)12(18)15-13-7-9-5-3-4-6-10(9)16(19)20/h3-8H,1-2H3,(H,14,17)(H,15,18)/b13-7+. The minimum atomic E-state index is -0.937. The quantitative estimate of drug-likeness (QED) is 0.362. The van der Waals surface area contributed by atoms with Crippen molar-refractivity contribution in [1.82, 2.24) is 10.7 Å². The van der Waals surface area contributed by atoms with Gasteiger partial charge >= 0.3 is 11.8 Å². The van der Waals surface area contributed by atoms with Crippen LogP contribution in [0.25, 0.3) is 0 Å². The van der Waals surface area contributed by atoms with Crippen LogP contribution >= 0.6 is 0 Å². The molecule has 0 aliphatic carbocycles. The van der Waals surface area contributed by atoms with Gasteiger partial charge in [0, 0.05) is 12.1 Å². The Balaban J connectivity index is 2.68. The summed E-state index contributed by atoms with van der Waals surface area (Å²) in [4.78, 5) is 32.8. The van der Waals surface area contributed by atoms with Gasteiger partial charge in [-0.25, -0.2) is 5.43 Å². The maximum atomic E-state index is 11.3. The zero-order valence-electron chi connectivity index (χ0n) is 11.0. The zero-order valence-corrected chi connectivity index (χ0v) is 11.0. The molecule has 0 aliphatic heterocycles.